The number of carbonyl (C=O) groups excluding carboxylic acids is 1. The lowest BCUT2D eigenvalue weighted by molar-refractivity contribution is 0.0938. The van der Waals surface area contributed by atoms with Crippen molar-refractivity contribution in [3.63, 3.8) is 0 Å². The molecular formula is C12H17N3O. The van der Waals surface area contributed by atoms with Crippen molar-refractivity contribution in [2.75, 3.05) is 5.73 Å². The van der Waals surface area contributed by atoms with E-state index in [1.165, 1.54) is 12.8 Å². The minimum Gasteiger partial charge on any atom is -0.383 e. The fraction of sp³-hybridized carbons (Fsp3) is 0.500. The molecule has 1 aromatic heterocycles. The first-order valence-corrected chi connectivity index (χ1v) is 5.68. The van der Waals surface area contributed by atoms with Gasteiger partial charge < -0.3 is 11.1 Å². The third kappa shape index (κ3) is 2.72. The highest BCUT2D eigenvalue weighted by Crippen LogP contribution is 2.33. The van der Waals surface area contributed by atoms with Crippen LogP contribution < -0.4 is 11.1 Å². The lowest BCUT2D eigenvalue weighted by Crippen LogP contribution is -2.33. The molecule has 1 aliphatic rings. The zero-order valence-corrected chi connectivity index (χ0v) is 9.44. The molecule has 3 N–H and O–H groups in total. The maximum atomic E-state index is 11.8. The lowest BCUT2D eigenvalue weighted by atomic mass is 10.1. The summed E-state index contributed by atoms with van der Waals surface area (Å²) in [7, 11) is 0. The first-order chi connectivity index (χ1) is 7.66. The van der Waals surface area contributed by atoms with Crippen molar-refractivity contribution < 1.29 is 4.79 Å². The normalized spacial score (nSPS) is 16.8. The number of rotatable bonds is 4. The van der Waals surface area contributed by atoms with Gasteiger partial charge in [0.2, 0.25) is 0 Å². The Morgan fingerprint density at radius 1 is 1.69 bits per heavy atom. The maximum Gasteiger partial charge on any atom is 0.255 e. The van der Waals surface area contributed by atoms with E-state index in [4.69, 9.17) is 5.73 Å². The summed E-state index contributed by atoms with van der Waals surface area (Å²) in [5.74, 6) is 0.971. The number of pyridine rings is 1. The van der Waals surface area contributed by atoms with Crippen LogP contribution in [0.1, 0.15) is 36.5 Å². The second-order valence-corrected chi connectivity index (χ2v) is 4.49. The summed E-state index contributed by atoms with van der Waals surface area (Å²) in [5.41, 5.74) is 6.10. The summed E-state index contributed by atoms with van der Waals surface area (Å²) in [6.07, 6.45) is 5.25. The Kier molecular flexibility index (Phi) is 3.08. The van der Waals surface area contributed by atoms with Crippen LogP contribution in [-0.2, 0) is 0 Å². The Morgan fingerprint density at radius 2 is 2.44 bits per heavy atom. The molecule has 0 saturated heterocycles. The molecule has 0 radical (unpaired) electrons. The standard InChI is InChI=1S/C12H17N3O/c1-8(7-9-4-5-9)15-12(16)10-3-2-6-14-11(10)13/h2-3,6,8-9H,4-5,7H2,1H3,(H2,13,14)(H,15,16). The fourth-order valence-electron chi connectivity index (χ4n) is 1.82. The van der Waals surface area contributed by atoms with E-state index in [0.29, 0.717) is 11.4 Å². The van der Waals surface area contributed by atoms with Crippen LogP contribution in [0, 0.1) is 5.92 Å². The summed E-state index contributed by atoms with van der Waals surface area (Å²) in [5, 5.41) is 2.95. The number of anilines is 1. The van der Waals surface area contributed by atoms with Gasteiger partial charge in [0.05, 0.1) is 5.56 Å². The van der Waals surface area contributed by atoms with Crippen LogP contribution in [0.4, 0.5) is 5.82 Å². The van der Waals surface area contributed by atoms with Crippen LogP contribution in [0.3, 0.4) is 0 Å². The summed E-state index contributed by atoms with van der Waals surface area (Å²) in [6, 6.07) is 3.62. The van der Waals surface area contributed by atoms with Gasteiger partial charge in [0.1, 0.15) is 5.82 Å². The van der Waals surface area contributed by atoms with Gasteiger partial charge in [0, 0.05) is 12.2 Å². The van der Waals surface area contributed by atoms with Crippen LogP contribution in [-0.4, -0.2) is 16.9 Å². The summed E-state index contributed by atoms with van der Waals surface area (Å²) < 4.78 is 0. The quantitative estimate of drug-likeness (QED) is 0.808. The van der Waals surface area contributed by atoms with Gasteiger partial charge >= 0.3 is 0 Å². The second kappa shape index (κ2) is 4.51. The van der Waals surface area contributed by atoms with Gasteiger partial charge in [-0.05, 0) is 31.4 Å². The topological polar surface area (TPSA) is 68.0 Å². The van der Waals surface area contributed by atoms with E-state index in [9.17, 15) is 4.79 Å². The number of nitrogens with two attached hydrogens (primary N) is 1. The van der Waals surface area contributed by atoms with E-state index >= 15 is 0 Å². The number of hydrogen-bond donors (Lipinski definition) is 2. The predicted molar refractivity (Wildman–Crippen MR) is 62.9 cm³/mol. The Labute approximate surface area is 95.3 Å². The zero-order chi connectivity index (χ0) is 11.5. The number of nitrogens with zero attached hydrogens (tertiary/aromatic N) is 1. The SMILES string of the molecule is CC(CC1CC1)NC(=O)c1cccnc1N. The van der Waals surface area contributed by atoms with E-state index in [1.54, 1.807) is 18.3 Å². The molecule has 0 spiro atoms. The molecule has 2 rings (SSSR count). The summed E-state index contributed by atoms with van der Waals surface area (Å²) in [4.78, 5) is 15.7. The molecule has 0 aromatic carbocycles. The second-order valence-electron chi connectivity index (χ2n) is 4.49. The monoisotopic (exact) mass is 219 g/mol. The van der Waals surface area contributed by atoms with E-state index in [0.717, 1.165) is 12.3 Å². The van der Waals surface area contributed by atoms with Gasteiger partial charge in [-0.25, -0.2) is 4.98 Å². The molecule has 0 bridgehead atoms. The fourth-order valence-corrected chi connectivity index (χ4v) is 1.82. The molecule has 4 nitrogen and oxygen atoms in total. The highest BCUT2D eigenvalue weighted by molar-refractivity contribution is 5.98. The van der Waals surface area contributed by atoms with E-state index in [2.05, 4.69) is 10.3 Å². The number of hydrogen-bond acceptors (Lipinski definition) is 3. The first-order valence-electron chi connectivity index (χ1n) is 5.68. The van der Waals surface area contributed by atoms with Gasteiger partial charge in [-0.15, -0.1) is 0 Å². The van der Waals surface area contributed by atoms with Crippen molar-refractivity contribution in [3.8, 4) is 0 Å². The van der Waals surface area contributed by atoms with Gasteiger partial charge in [0.25, 0.3) is 5.91 Å². The third-order valence-corrected chi connectivity index (χ3v) is 2.84. The van der Waals surface area contributed by atoms with Crippen LogP contribution in [0.2, 0.25) is 0 Å². The van der Waals surface area contributed by atoms with Crippen molar-refractivity contribution in [1.82, 2.24) is 10.3 Å². The molecule has 1 aliphatic carbocycles. The summed E-state index contributed by atoms with van der Waals surface area (Å²) >= 11 is 0. The molecule has 86 valence electrons. The Bertz CT molecular complexity index is 388. The van der Waals surface area contributed by atoms with Crippen molar-refractivity contribution in [3.05, 3.63) is 23.9 Å². The van der Waals surface area contributed by atoms with Gasteiger partial charge in [-0.2, -0.15) is 0 Å². The molecule has 1 saturated carbocycles. The van der Waals surface area contributed by atoms with E-state index in [-0.39, 0.29) is 11.9 Å². The molecule has 1 aromatic rings. The highest BCUT2D eigenvalue weighted by Gasteiger charge is 2.24. The van der Waals surface area contributed by atoms with Crippen LogP contribution in [0.5, 0.6) is 0 Å². The Morgan fingerprint density at radius 3 is 3.06 bits per heavy atom. The molecule has 1 heterocycles. The van der Waals surface area contributed by atoms with Crippen LogP contribution >= 0.6 is 0 Å². The molecule has 16 heavy (non-hydrogen) atoms. The number of nitrogens with one attached hydrogen (secondary N) is 1. The maximum absolute atomic E-state index is 11.8. The minimum absolute atomic E-state index is 0.126. The number of aromatic nitrogens is 1. The minimum atomic E-state index is -0.126. The molecule has 0 aliphatic heterocycles. The average Bonchev–Trinajstić information content (AvgIpc) is 3.01. The van der Waals surface area contributed by atoms with Crippen molar-refractivity contribution in [2.24, 2.45) is 5.92 Å². The molecule has 1 unspecified atom stereocenters. The third-order valence-electron chi connectivity index (χ3n) is 2.84. The smallest absolute Gasteiger partial charge is 0.255 e. The van der Waals surface area contributed by atoms with Crippen LogP contribution in [0.25, 0.3) is 0 Å². The largest absolute Gasteiger partial charge is 0.383 e. The van der Waals surface area contributed by atoms with Gasteiger partial charge in [-0.3, -0.25) is 4.79 Å². The molecule has 1 atom stereocenters. The first kappa shape index (κ1) is 10.9. The van der Waals surface area contributed by atoms with E-state index in [1.807, 2.05) is 6.92 Å². The highest BCUT2D eigenvalue weighted by atomic mass is 16.1. The molecule has 4 heteroatoms. The lowest BCUT2D eigenvalue weighted by Gasteiger charge is -2.13. The van der Waals surface area contributed by atoms with E-state index < -0.39 is 0 Å². The number of carbonyl (C=O) groups is 1. The number of amides is 1. The molecule has 1 fully saturated rings. The van der Waals surface area contributed by atoms with Gasteiger partial charge in [-0.1, -0.05) is 12.8 Å². The van der Waals surface area contributed by atoms with Gasteiger partial charge in [0.15, 0.2) is 0 Å². The van der Waals surface area contributed by atoms with Crippen molar-refractivity contribution in [2.45, 2.75) is 32.2 Å². The Hall–Kier alpha value is -1.58. The molecule has 1 amide bonds. The summed E-state index contributed by atoms with van der Waals surface area (Å²) in [6.45, 7) is 2.03. The molecular weight excluding hydrogens is 202 g/mol. The number of nitrogen functional groups attached to an aromatic ring is 1. The Balaban J connectivity index is 1.94. The van der Waals surface area contributed by atoms with Crippen molar-refractivity contribution >= 4 is 11.7 Å². The average molecular weight is 219 g/mol. The zero-order valence-electron chi connectivity index (χ0n) is 9.44. The predicted octanol–water partition coefficient (Wildman–Crippen LogP) is 1.58. The van der Waals surface area contributed by atoms with Crippen LogP contribution in [0.15, 0.2) is 18.3 Å². The van der Waals surface area contributed by atoms with Crippen molar-refractivity contribution in [1.29, 1.82) is 0 Å².